The van der Waals surface area contributed by atoms with Gasteiger partial charge in [-0.05, 0) is 50.8 Å². The molecule has 0 atom stereocenters. The summed E-state index contributed by atoms with van der Waals surface area (Å²) in [4.78, 5) is 12.9. The van der Waals surface area contributed by atoms with Crippen molar-refractivity contribution in [3.8, 4) is 11.3 Å². The Labute approximate surface area is 123 Å². The molecule has 1 heterocycles. The van der Waals surface area contributed by atoms with Crippen molar-refractivity contribution in [3.63, 3.8) is 0 Å². The lowest BCUT2D eigenvalue weighted by Crippen LogP contribution is -2.20. The van der Waals surface area contributed by atoms with Gasteiger partial charge in [-0.3, -0.25) is 4.79 Å². The van der Waals surface area contributed by atoms with Crippen LogP contribution in [-0.2, 0) is 0 Å². The molecule has 0 fully saturated rings. The van der Waals surface area contributed by atoms with Crippen molar-refractivity contribution >= 4 is 0 Å². The molecule has 114 valence electrons. The van der Waals surface area contributed by atoms with Gasteiger partial charge in [0.05, 0.1) is 5.69 Å². The van der Waals surface area contributed by atoms with Crippen molar-refractivity contribution < 1.29 is 4.39 Å². The number of halogens is 1. The minimum absolute atomic E-state index is 0.247. The number of H-pyrrole nitrogens is 1. The van der Waals surface area contributed by atoms with Crippen LogP contribution in [0.25, 0.3) is 11.3 Å². The molecule has 1 aromatic heterocycles. The molecule has 0 amide bonds. The first-order valence-corrected chi connectivity index (χ1v) is 6.61. The second kappa shape index (κ2) is 8.28. The predicted octanol–water partition coefficient (Wildman–Crippen LogP) is 1.39. The minimum atomic E-state index is -0.252. The van der Waals surface area contributed by atoms with Crippen molar-refractivity contribution in [2.75, 3.05) is 27.2 Å². The summed E-state index contributed by atoms with van der Waals surface area (Å²) in [5.74, 6) is -0.247. The highest BCUT2D eigenvalue weighted by molar-refractivity contribution is 5.59. The second-order valence-corrected chi connectivity index (χ2v) is 4.86. The zero-order chi connectivity index (χ0) is 15.8. The number of rotatable bonds is 3. The van der Waals surface area contributed by atoms with E-state index < -0.39 is 0 Å². The first kappa shape index (κ1) is 17.0. The highest BCUT2D eigenvalue weighted by atomic mass is 19.1. The summed E-state index contributed by atoms with van der Waals surface area (Å²) in [6.07, 6.45) is 0. The quantitative estimate of drug-likeness (QED) is 0.896. The fraction of sp³-hybridized carbons (Fsp3) is 0.333. The van der Waals surface area contributed by atoms with Crippen LogP contribution in [0, 0.1) is 12.7 Å². The van der Waals surface area contributed by atoms with E-state index in [4.69, 9.17) is 5.73 Å². The van der Waals surface area contributed by atoms with E-state index in [-0.39, 0.29) is 11.4 Å². The van der Waals surface area contributed by atoms with E-state index in [2.05, 4.69) is 15.1 Å². The maximum Gasteiger partial charge on any atom is 0.264 e. The van der Waals surface area contributed by atoms with Gasteiger partial charge in [0.15, 0.2) is 0 Å². The number of aromatic amines is 1. The molecule has 0 aliphatic rings. The van der Waals surface area contributed by atoms with E-state index in [1.54, 1.807) is 25.1 Å². The summed E-state index contributed by atoms with van der Waals surface area (Å²) in [5.41, 5.74) is 6.90. The molecule has 0 saturated carbocycles. The van der Waals surface area contributed by atoms with E-state index in [0.29, 0.717) is 11.3 Å². The van der Waals surface area contributed by atoms with Crippen molar-refractivity contribution in [2.24, 2.45) is 5.73 Å². The predicted molar refractivity (Wildman–Crippen MR) is 82.6 cm³/mol. The van der Waals surface area contributed by atoms with Crippen LogP contribution in [0.5, 0.6) is 0 Å². The second-order valence-electron chi connectivity index (χ2n) is 4.86. The Morgan fingerprint density at radius 2 is 2.00 bits per heavy atom. The Bertz CT molecular complexity index is 605. The van der Waals surface area contributed by atoms with Crippen LogP contribution in [0.4, 0.5) is 4.39 Å². The van der Waals surface area contributed by atoms with Gasteiger partial charge in [0.25, 0.3) is 5.56 Å². The molecule has 1 aromatic carbocycles. The lowest BCUT2D eigenvalue weighted by molar-refractivity contribution is 0.420. The van der Waals surface area contributed by atoms with Crippen LogP contribution in [0.3, 0.4) is 0 Å². The molecule has 0 saturated heterocycles. The van der Waals surface area contributed by atoms with Crippen LogP contribution < -0.4 is 11.3 Å². The number of hydrogen-bond acceptors (Lipinski definition) is 4. The highest BCUT2D eigenvalue weighted by Crippen LogP contribution is 2.18. The lowest BCUT2D eigenvalue weighted by Gasteiger charge is -2.03. The molecule has 5 nitrogen and oxygen atoms in total. The summed E-state index contributed by atoms with van der Waals surface area (Å²) in [7, 11) is 4.01. The van der Waals surface area contributed by atoms with Gasteiger partial charge in [-0.15, -0.1) is 0 Å². The Balaban J connectivity index is 0.000000315. The number of hydrogen-bond donors (Lipinski definition) is 2. The monoisotopic (exact) mass is 292 g/mol. The van der Waals surface area contributed by atoms with E-state index in [9.17, 15) is 9.18 Å². The van der Waals surface area contributed by atoms with Gasteiger partial charge in [0, 0.05) is 24.7 Å². The van der Waals surface area contributed by atoms with Crippen molar-refractivity contribution in [1.82, 2.24) is 15.1 Å². The maximum atomic E-state index is 13.0. The highest BCUT2D eigenvalue weighted by Gasteiger charge is 2.02. The summed E-state index contributed by atoms with van der Waals surface area (Å²) < 4.78 is 13.0. The van der Waals surface area contributed by atoms with Crippen LogP contribution in [-0.4, -0.2) is 42.3 Å². The molecule has 6 heteroatoms. The summed E-state index contributed by atoms with van der Waals surface area (Å²) in [5, 5.41) is 6.19. The Hall–Kier alpha value is -2.05. The number of nitrogens with one attached hydrogen (secondary N) is 1. The summed E-state index contributed by atoms with van der Waals surface area (Å²) in [6.45, 7) is 3.43. The van der Waals surface area contributed by atoms with Crippen molar-refractivity contribution in [1.29, 1.82) is 0 Å². The number of aryl methyl sites for hydroxylation is 1. The van der Waals surface area contributed by atoms with Gasteiger partial charge in [0.2, 0.25) is 0 Å². The van der Waals surface area contributed by atoms with E-state index in [1.165, 1.54) is 12.1 Å². The van der Waals surface area contributed by atoms with E-state index in [0.717, 1.165) is 18.7 Å². The first-order valence-electron chi connectivity index (χ1n) is 6.61. The molecular formula is C15H21FN4O. The van der Waals surface area contributed by atoms with Crippen molar-refractivity contribution in [3.05, 3.63) is 52.1 Å². The third-order valence-electron chi connectivity index (χ3n) is 2.71. The zero-order valence-electron chi connectivity index (χ0n) is 12.6. The molecule has 3 N–H and O–H groups in total. The van der Waals surface area contributed by atoms with Crippen LogP contribution in [0.15, 0.2) is 35.1 Å². The smallest absolute Gasteiger partial charge is 0.264 e. The minimum Gasteiger partial charge on any atom is -0.329 e. The number of nitrogens with zero attached hydrogens (tertiary/aromatic N) is 2. The zero-order valence-corrected chi connectivity index (χ0v) is 12.6. The van der Waals surface area contributed by atoms with E-state index >= 15 is 0 Å². The molecule has 0 spiro atoms. The Kier molecular flexibility index (Phi) is 6.71. The molecule has 2 aromatic rings. The lowest BCUT2D eigenvalue weighted by atomic mass is 10.1. The van der Waals surface area contributed by atoms with Gasteiger partial charge < -0.3 is 10.6 Å². The van der Waals surface area contributed by atoms with Gasteiger partial charge in [-0.2, -0.15) is 5.10 Å². The number of aromatic nitrogens is 2. The topological polar surface area (TPSA) is 75.0 Å². The number of benzene rings is 1. The SMILES string of the molecule is CN(C)CCN.Cc1cc(-c2ccc(=O)[nH]n2)ccc1F. The first-order chi connectivity index (χ1) is 9.93. The van der Waals surface area contributed by atoms with Crippen LogP contribution in [0.1, 0.15) is 5.56 Å². The van der Waals surface area contributed by atoms with Gasteiger partial charge in [-0.1, -0.05) is 0 Å². The largest absolute Gasteiger partial charge is 0.329 e. The summed E-state index contributed by atoms with van der Waals surface area (Å²) >= 11 is 0. The number of likely N-dealkylation sites (N-methyl/N-ethyl adjacent to an activating group) is 1. The van der Waals surface area contributed by atoms with Gasteiger partial charge in [0.1, 0.15) is 5.82 Å². The van der Waals surface area contributed by atoms with Crippen molar-refractivity contribution in [2.45, 2.75) is 6.92 Å². The normalized spacial score (nSPS) is 10.2. The fourth-order valence-corrected chi connectivity index (χ4v) is 1.57. The van der Waals surface area contributed by atoms with Crippen LogP contribution >= 0.6 is 0 Å². The molecule has 21 heavy (non-hydrogen) atoms. The standard InChI is InChI=1S/C11H9FN2O.C4H12N2/c1-7-6-8(2-3-9(7)12)10-4-5-11(15)14-13-10;1-6(2)4-3-5/h2-6H,1H3,(H,14,15);3-5H2,1-2H3. The fourth-order valence-electron chi connectivity index (χ4n) is 1.57. The van der Waals surface area contributed by atoms with Crippen LogP contribution in [0.2, 0.25) is 0 Å². The molecule has 2 rings (SSSR count). The Morgan fingerprint density at radius 3 is 2.43 bits per heavy atom. The molecule has 0 aliphatic heterocycles. The third kappa shape index (κ3) is 5.85. The van der Waals surface area contributed by atoms with Gasteiger partial charge in [-0.25, -0.2) is 9.49 Å². The average molecular weight is 292 g/mol. The molecule has 0 radical (unpaired) electrons. The Morgan fingerprint density at radius 1 is 1.29 bits per heavy atom. The number of nitrogens with two attached hydrogens (primary N) is 1. The van der Waals surface area contributed by atoms with E-state index in [1.807, 2.05) is 14.1 Å². The maximum absolute atomic E-state index is 13.0. The summed E-state index contributed by atoms with van der Waals surface area (Å²) in [6, 6.07) is 7.70. The van der Waals surface area contributed by atoms with Gasteiger partial charge >= 0.3 is 0 Å². The molecule has 0 aliphatic carbocycles. The third-order valence-corrected chi connectivity index (χ3v) is 2.71. The molecule has 0 unspecified atom stereocenters. The average Bonchev–Trinajstić information content (AvgIpc) is 2.43. The molecular weight excluding hydrogens is 271 g/mol. The molecule has 0 bridgehead atoms.